The van der Waals surface area contributed by atoms with Gasteiger partial charge in [0.15, 0.2) is 5.65 Å². The summed E-state index contributed by atoms with van der Waals surface area (Å²) in [5.74, 6) is -0.910. The zero-order valence-electron chi connectivity index (χ0n) is 9.45. The fraction of sp³-hybridized carbons (Fsp3) is 0.300. The van der Waals surface area contributed by atoms with Crippen molar-refractivity contribution in [2.75, 3.05) is 7.11 Å². The molecular formula is C10H8F3N3O2. The number of carbonyl (C=O) groups excluding carboxylic acids is 1. The van der Waals surface area contributed by atoms with E-state index in [-0.39, 0.29) is 11.5 Å². The molecule has 2 heterocycles. The van der Waals surface area contributed by atoms with Crippen molar-refractivity contribution in [1.29, 1.82) is 0 Å². The lowest BCUT2D eigenvalue weighted by Gasteiger charge is -2.13. The van der Waals surface area contributed by atoms with Crippen molar-refractivity contribution in [2.24, 2.45) is 0 Å². The first-order valence-corrected chi connectivity index (χ1v) is 4.86. The van der Waals surface area contributed by atoms with Gasteiger partial charge in [0.1, 0.15) is 11.5 Å². The van der Waals surface area contributed by atoms with Crippen LogP contribution in [0, 0.1) is 6.92 Å². The quantitative estimate of drug-likeness (QED) is 0.733. The highest BCUT2D eigenvalue weighted by atomic mass is 19.4. The van der Waals surface area contributed by atoms with Crippen LogP contribution in [0.4, 0.5) is 13.2 Å². The van der Waals surface area contributed by atoms with E-state index in [1.807, 2.05) is 0 Å². The highest BCUT2D eigenvalue weighted by Crippen LogP contribution is 2.32. The molecule has 0 spiro atoms. The molecule has 0 aliphatic carbocycles. The standard InChI is InChI=1S/C10H8F3N3O2/c1-5-14-15-7-4-3-6(10(11,12)13)8(16(5)7)9(17)18-2/h3-4H,1-2H3. The lowest BCUT2D eigenvalue weighted by molar-refractivity contribution is -0.138. The molecule has 0 aliphatic rings. The molecular weight excluding hydrogens is 251 g/mol. The Hall–Kier alpha value is -2.12. The largest absolute Gasteiger partial charge is 0.464 e. The van der Waals surface area contributed by atoms with Crippen LogP contribution in [0.1, 0.15) is 21.9 Å². The summed E-state index contributed by atoms with van der Waals surface area (Å²) in [6.45, 7) is 1.45. The number of alkyl halides is 3. The second kappa shape index (κ2) is 3.97. The summed E-state index contributed by atoms with van der Waals surface area (Å²) in [6.07, 6.45) is -4.66. The number of esters is 1. The van der Waals surface area contributed by atoms with Gasteiger partial charge in [-0.1, -0.05) is 0 Å². The van der Waals surface area contributed by atoms with Crippen LogP contribution in [0.2, 0.25) is 0 Å². The Morgan fingerprint density at radius 2 is 2.00 bits per heavy atom. The molecule has 0 saturated carbocycles. The third-order valence-electron chi connectivity index (χ3n) is 2.41. The van der Waals surface area contributed by atoms with E-state index in [4.69, 9.17) is 0 Å². The number of nitrogens with zero attached hydrogens (tertiary/aromatic N) is 3. The number of halogens is 3. The van der Waals surface area contributed by atoms with Crippen LogP contribution in [-0.2, 0) is 10.9 Å². The smallest absolute Gasteiger partial charge is 0.418 e. The van der Waals surface area contributed by atoms with Gasteiger partial charge in [-0.2, -0.15) is 13.2 Å². The zero-order valence-corrected chi connectivity index (χ0v) is 9.45. The zero-order chi connectivity index (χ0) is 13.5. The van der Waals surface area contributed by atoms with Crippen molar-refractivity contribution >= 4 is 11.6 Å². The molecule has 5 nitrogen and oxygen atoms in total. The van der Waals surface area contributed by atoms with E-state index in [2.05, 4.69) is 14.9 Å². The normalized spacial score (nSPS) is 11.8. The molecule has 18 heavy (non-hydrogen) atoms. The molecule has 0 saturated heterocycles. The summed E-state index contributed by atoms with van der Waals surface area (Å²) in [6, 6.07) is 1.94. The van der Waals surface area contributed by atoms with Crippen LogP contribution in [0.15, 0.2) is 12.1 Å². The Labute approximate surface area is 99.2 Å². The number of aromatic nitrogens is 3. The molecule has 2 aromatic heterocycles. The summed E-state index contributed by atoms with van der Waals surface area (Å²) >= 11 is 0. The van der Waals surface area contributed by atoms with Crippen LogP contribution in [-0.4, -0.2) is 27.7 Å². The van der Waals surface area contributed by atoms with Gasteiger partial charge in [-0.25, -0.2) is 4.79 Å². The van der Waals surface area contributed by atoms with Crippen molar-refractivity contribution in [2.45, 2.75) is 13.1 Å². The number of hydrogen-bond donors (Lipinski definition) is 0. The summed E-state index contributed by atoms with van der Waals surface area (Å²) in [5.41, 5.74) is -1.55. The number of aryl methyl sites for hydroxylation is 1. The number of rotatable bonds is 1. The third-order valence-corrected chi connectivity index (χ3v) is 2.41. The minimum Gasteiger partial charge on any atom is -0.464 e. The third kappa shape index (κ3) is 1.79. The van der Waals surface area contributed by atoms with Crippen LogP contribution in [0.3, 0.4) is 0 Å². The van der Waals surface area contributed by atoms with Gasteiger partial charge < -0.3 is 4.74 Å². The van der Waals surface area contributed by atoms with E-state index in [1.54, 1.807) is 0 Å². The van der Waals surface area contributed by atoms with Gasteiger partial charge in [-0.05, 0) is 19.1 Å². The van der Waals surface area contributed by atoms with E-state index in [0.29, 0.717) is 0 Å². The molecule has 2 aromatic rings. The van der Waals surface area contributed by atoms with Crippen LogP contribution < -0.4 is 0 Å². The van der Waals surface area contributed by atoms with Gasteiger partial charge in [0.05, 0.1) is 12.7 Å². The average Bonchev–Trinajstić information content (AvgIpc) is 2.68. The molecule has 0 amide bonds. The Kier molecular flexibility index (Phi) is 2.72. The van der Waals surface area contributed by atoms with Crippen molar-refractivity contribution in [3.05, 3.63) is 29.2 Å². The van der Waals surface area contributed by atoms with Gasteiger partial charge >= 0.3 is 12.1 Å². The maximum atomic E-state index is 12.8. The minimum atomic E-state index is -4.66. The molecule has 0 bridgehead atoms. The second-order valence-electron chi connectivity index (χ2n) is 3.53. The molecule has 0 aliphatic heterocycles. The van der Waals surface area contributed by atoms with E-state index in [1.165, 1.54) is 6.92 Å². The number of pyridine rings is 1. The molecule has 0 aromatic carbocycles. The molecule has 2 rings (SSSR count). The fourth-order valence-electron chi connectivity index (χ4n) is 1.65. The molecule has 0 unspecified atom stereocenters. The van der Waals surface area contributed by atoms with Gasteiger partial charge in [-0.3, -0.25) is 4.40 Å². The highest BCUT2D eigenvalue weighted by Gasteiger charge is 2.37. The van der Waals surface area contributed by atoms with Crippen molar-refractivity contribution in [1.82, 2.24) is 14.6 Å². The monoisotopic (exact) mass is 259 g/mol. The lowest BCUT2D eigenvalue weighted by Crippen LogP contribution is -2.18. The topological polar surface area (TPSA) is 56.5 Å². The molecule has 96 valence electrons. The Bertz CT molecular complexity index is 619. The maximum Gasteiger partial charge on any atom is 0.418 e. The van der Waals surface area contributed by atoms with E-state index >= 15 is 0 Å². The Morgan fingerprint density at radius 3 is 2.56 bits per heavy atom. The van der Waals surface area contributed by atoms with Crippen LogP contribution in [0.5, 0.6) is 0 Å². The Balaban J connectivity index is 2.87. The molecule has 8 heteroatoms. The SMILES string of the molecule is COC(=O)c1c(C(F)(F)F)ccc2nnc(C)n12. The van der Waals surface area contributed by atoms with Crippen molar-refractivity contribution < 1.29 is 22.7 Å². The second-order valence-corrected chi connectivity index (χ2v) is 3.53. The summed E-state index contributed by atoms with van der Waals surface area (Å²) in [5, 5.41) is 7.29. The first kappa shape index (κ1) is 12.3. The fourth-order valence-corrected chi connectivity index (χ4v) is 1.65. The van der Waals surface area contributed by atoms with Gasteiger partial charge in [-0.15, -0.1) is 10.2 Å². The lowest BCUT2D eigenvalue weighted by atomic mass is 10.1. The van der Waals surface area contributed by atoms with E-state index < -0.39 is 23.4 Å². The average molecular weight is 259 g/mol. The number of ether oxygens (including phenoxy) is 1. The number of methoxy groups -OCH3 is 1. The number of fused-ring (bicyclic) bond motifs is 1. The molecule has 0 radical (unpaired) electrons. The van der Waals surface area contributed by atoms with Gasteiger partial charge in [0.2, 0.25) is 0 Å². The summed E-state index contributed by atoms with van der Waals surface area (Å²) < 4.78 is 44.0. The van der Waals surface area contributed by atoms with Crippen molar-refractivity contribution in [3.8, 4) is 0 Å². The first-order chi connectivity index (χ1) is 8.36. The number of hydrogen-bond acceptors (Lipinski definition) is 4. The molecule has 0 fully saturated rings. The maximum absolute atomic E-state index is 12.8. The van der Waals surface area contributed by atoms with Crippen LogP contribution in [0.25, 0.3) is 5.65 Å². The summed E-state index contributed by atoms with van der Waals surface area (Å²) in [4.78, 5) is 11.5. The number of carbonyl (C=O) groups is 1. The minimum absolute atomic E-state index is 0.154. The molecule has 0 atom stereocenters. The molecule has 0 N–H and O–H groups in total. The van der Waals surface area contributed by atoms with Gasteiger partial charge in [0.25, 0.3) is 0 Å². The summed E-state index contributed by atoms with van der Waals surface area (Å²) in [7, 11) is 1.01. The predicted molar refractivity (Wildman–Crippen MR) is 54.1 cm³/mol. The van der Waals surface area contributed by atoms with Crippen LogP contribution >= 0.6 is 0 Å². The first-order valence-electron chi connectivity index (χ1n) is 4.86. The Morgan fingerprint density at radius 1 is 1.33 bits per heavy atom. The van der Waals surface area contributed by atoms with E-state index in [9.17, 15) is 18.0 Å². The van der Waals surface area contributed by atoms with E-state index in [0.717, 1.165) is 23.6 Å². The highest BCUT2D eigenvalue weighted by molar-refractivity contribution is 5.90. The van der Waals surface area contributed by atoms with Crippen molar-refractivity contribution in [3.63, 3.8) is 0 Å². The van der Waals surface area contributed by atoms with Gasteiger partial charge in [0, 0.05) is 0 Å². The predicted octanol–water partition coefficient (Wildman–Crippen LogP) is 1.84.